The van der Waals surface area contributed by atoms with E-state index < -0.39 is 0 Å². The molecule has 0 saturated carbocycles. The fourth-order valence-electron chi connectivity index (χ4n) is 0.715. The van der Waals surface area contributed by atoms with Crippen molar-refractivity contribution < 1.29 is 4.79 Å². The molecule has 0 aliphatic rings. The second-order valence-corrected chi connectivity index (χ2v) is 2.71. The summed E-state index contributed by atoms with van der Waals surface area (Å²) >= 11 is 0. The summed E-state index contributed by atoms with van der Waals surface area (Å²) in [6.45, 7) is 5.10. The number of rotatable bonds is 5. The monoisotopic (exact) mass is 143 g/mol. The molecule has 0 aromatic rings. The van der Waals surface area contributed by atoms with Crippen LogP contribution in [0.25, 0.3) is 0 Å². The number of nitrogens with zero attached hydrogens (tertiary/aromatic N) is 1. The summed E-state index contributed by atoms with van der Waals surface area (Å²) in [6.07, 6.45) is 3.35. The topological polar surface area (TPSA) is 20.3 Å². The third kappa shape index (κ3) is 3.62. The number of carbonyl (C=O) groups excluding carboxylic acids is 1. The van der Waals surface area contributed by atoms with Crippen molar-refractivity contribution in [3.63, 3.8) is 0 Å². The summed E-state index contributed by atoms with van der Waals surface area (Å²) in [5.41, 5.74) is 0. The van der Waals surface area contributed by atoms with Crippen LogP contribution in [0.15, 0.2) is 0 Å². The van der Waals surface area contributed by atoms with Gasteiger partial charge in [-0.25, -0.2) is 0 Å². The Bertz CT molecular complexity index is 93.3. The van der Waals surface area contributed by atoms with Crippen molar-refractivity contribution in [1.82, 2.24) is 4.90 Å². The number of unbranched alkanes of at least 4 members (excludes halogenated alkanes) is 1. The van der Waals surface area contributed by atoms with Gasteiger partial charge in [-0.2, -0.15) is 0 Å². The third-order valence-corrected chi connectivity index (χ3v) is 1.76. The number of carbonyl (C=O) groups is 1. The molecule has 0 radical (unpaired) electrons. The largest absolute Gasteiger partial charge is 0.302 e. The smallest absolute Gasteiger partial charge is 0.136 e. The van der Waals surface area contributed by atoms with Crippen molar-refractivity contribution in [2.75, 3.05) is 13.6 Å². The van der Waals surface area contributed by atoms with E-state index in [1.54, 1.807) is 0 Å². The van der Waals surface area contributed by atoms with Gasteiger partial charge in [0.2, 0.25) is 0 Å². The van der Waals surface area contributed by atoms with Crippen LogP contribution >= 0.6 is 0 Å². The zero-order valence-electron chi connectivity index (χ0n) is 7.13. The normalized spacial score (nSPS) is 13.6. The number of likely N-dealkylation sites (N-methyl/N-ethyl adjacent to an activating group) is 1. The lowest BCUT2D eigenvalue weighted by Crippen LogP contribution is -2.30. The van der Waals surface area contributed by atoms with Gasteiger partial charge >= 0.3 is 0 Å². The molecule has 0 amide bonds. The quantitative estimate of drug-likeness (QED) is 0.541. The van der Waals surface area contributed by atoms with Crippen molar-refractivity contribution in [1.29, 1.82) is 0 Å². The summed E-state index contributed by atoms with van der Waals surface area (Å²) in [6, 6.07) is 0.0755. The Labute approximate surface area is 63.2 Å². The molecular formula is C8H17NO. The van der Waals surface area contributed by atoms with Crippen molar-refractivity contribution in [3.05, 3.63) is 0 Å². The highest BCUT2D eigenvalue weighted by atomic mass is 16.1. The zero-order chi connectivity index (χ0) is 7.98. The van der Waals surface area contributed by atoms with Crippen LogP contribution in [0.2, 0.25) is 0 Å². The molecule has 2 nitrogen and oxygen atoms in total. The zero-order valence-corrected chi connectivity index (χ0v) is 7.13. The van der Waals surface area contributed by atoms with Gasteiger partial charge in [0, 0.05) is 0 Å². The second-order valence-electron chi connectivity index (χ2n) is 2.71. The fraction of sp³-hybridized carbons (Fsp3) is 0.875. The molecule has 1 atom stereocenters. The standard InChI is InChI=1S/C8H17NO/c1-4-5-6-9(3)8(2)7-10/h7-8H,4-6H2,1-3H3. The molecule has 0 fully saturated rings. The van der Waals surface area contributed by atoms with E-state index >= 15 is 0 Å². The maximum absolute atomic E-state index is 10.3. The van der Waals surface area contributed by atoms with Gasteiger partial charge in [-0.3, -0.25) is 4.90 Å². The van der Waals surface area contributed by atoms with Crippen molar-refractivity contribution >= 4 is 6.29 Å². The molecule has 0 aliphatic heterocycles. The molecule has 10 heavy (non-hydrogen) atoms. The lowest BCUT2D eigenvalue weighted by molar-refractivity contribution is -0.111. The molecule has 0 aromatic carbocycles. The SMILES string of the molecule is CCCCN(C)C(C)C=O. The lowest BCUT2D eigenvalue weighted by atomic mass is 10.3. The molecule has 1 unspecified atom stereocenters. The van der Waals surface area contributed by atoms with Crippen LogP contribution in [-0.4, -0.2) is 30.8 Å². The van der Waals surface area contributed by atoms with Gasteiger partial charge in [-0.15, -0.1) is 0 Å². The summed E-state index contributed by atoms with van der Waals surface area (Å²) in [5, 5.41) is 0. The molecule has 0 aliphatic carbocycles. The minimum absolute atomic E-state index is 0.0755. The predicted octanol–water partition coefficient (Wildman–Crippen LogP) is 1.31. The second kappa shape index (κ2) is 5.42. The van der Waals surface area contributed by atoms with E-state index in [1.165, 1.54) is 12.8 Å². The number of aldehydes is 1. The third-order valence-electron chi connectivity index (χ3n) is 1.76. The van der Waals surface area contributed by atoms with Gasteiger partial charge in [-0.1, -0.05) is 13.3 Å². The molecule has 0 saturated heterocycles. The van der Waals surface area contributed by atoms with Gasteiger partial charge in [0.05, 0.1) is 6.04 Å². The molecule has 2 heteroatoms. The summed E-state index contributed by atoms with van der Waals surface area (Å²) < 4.78 is 0. The highest BCUT2D eigenvalue weighted by molar-refractivity contribution is 5.56. The van der Waals surface area contributed by atoms with E-state index in [4.69, 9.17) is 0 Å². The Balaban J connectivity index is 3.40. The van der Waals surface area contributed by atoms with Gasteiger partial charge in [0.15, 0.2) is 0 Å². The Hall–Kier alpha value is -0.370. The van der Waals surface area contributed by atoms with Crippen LogP contribution in [0, 0.1) is 0 Å². The Morgan fingerprint density at radius 2 is 2.20 bits per heavy atom. The van der Waals surface area contributed by atoms with Crippen molar-refractivity contribution in [3.8, 4) is 0 Å². The summed E-state index contributed by atoms with van der Waals surface area (Å²) in [5.74, 6) is 0. The van der Waals surface area contributed by atoms with Crippen LogP contribution in [0.4, 0.5) is 0 Å². The fourth-order valence-corrected chi connectivity index (χ4v) is 0.715. The first-order valence-electron chi connectivity index (χ1n) is 3.88. The highest BCUT2D eigenvalue weighted by Crippen LogP contribution is 1.95. The van der Waals surface area contributed by atoms with Gasteiger partial charge < -0.3 is 4.79 Å². The molecule has 0 heterocycles. The molecule has 0 N–H and O–H groups in total. The maximum Gasteiger partial charge on any atom is 0.136 e. The van der Waals surface area contributed by atoms with Crippen LogP contribution < -0.4 is 0 Å². The predicted molar refractivity (Wildman–Crippen MR) is 43.1 cm³/mol. The van der Waals surface area contributed by atoms with Gasteiger partial charge in [0.25, 0.3) is 0 Å². The average molecular weight is 143 g/mol. The minimum Gasteiger partial charge on any atom is -0.302 e. The first kappa shape index (κ1) is 9.63. The van der Waals surface area contributed by atoms with E-state index in [9.17, 15) is 4.79 Å². The molecule has 60 valence electrons. The van der Waals surface area contributed by atoms with Gasteiger partial charge in [0.1, 0.15) is 6.29 Å². The van der Waals surface area contributed by atoms with Crippen molar-refractivity contribution in [2.45, 2.75) is 32.7 Å². The van der Waals surface area contributed by atoms with E-state index in [0.29, 0.717) is 0 Å². The molecule has 0 bridgehead atoms. The van der Waals surface area contributed by atoms with Crippen LogP contribution in [0.5, 0.6) is 0 Å². The molecular weight excluding hydrogens is 126 g/mol. The molecule has 0 rings (SSSR count). The molecule has 0 aromatic heterocycles. The Morgan fingerprint density at radius 3 is 2.60 bits per heavy atom. The van der Waals surface area contributed by atoms with Crippen LogP contribution in [0.3, 0.4) is 0 Å². The minimum atomic E-state index is 0.0755. The first-order valence-corrected chi connectivity index (χ1v) is 3.88. The Kier molecular flexibility index (Phi) is 5.22. The first-order chi connectivity index (χ1) is 4.72. The summed E-state index contributed by atoms with van der Waals surface area (Å²) in [4.78, 5) is 12.3. The number of hydrogen-bond acceptors (Lipinski definition) is 2. The highest BCUT2D eigenvalue weighted by Gasteiger charge is 2.04. The van der Waals surface area contributed by atoms with Crippen LogP contribution in [-0.2, 0) is 4.79 Å². The average Bonchev–Trinajstić information content (AvgIpc) is 1.98. The van der Waals surface area contributed by atoms with Crippen LogP contribution in [0.1, 0.15) is 26.7 Å². The van der Waals surface area contributed by atoms with Gasteiger partial charge in [-0.05, 0) is 26.9 Å². The lowest BCUT2D eigenvalue weighted by Gasteiger charge is -2.18. The Morgan fingerprint density at radius 1 is 1.60 bits per heavy atom. The number of hydrogen-bond donors (Lipinski definition) is 0. The maximum atomic E-state index is 10.3. The van der Waals surface area contributed by atoms with E-state index in [-0.39, 0.29) is 6.04 Å². The van der Waals surface area contributed by atoms with Crippen molar-refractivity contribution in [2.24, 2.45) is 0 Å². The van der Waals surface area contributed by atoms with E-state index in [0.717, 1.165) is 12.8 Å². The van der Waals surface area contributed by atoms with E-state index in [2.05, 4.69) is 11.8 Å². The summed E-state index contributed by atoms with van der Waals surface area (Å²) in [7, 11) is 1.98. The molecule has 0 spiro atoms. The van der Waals surface area contributed by atoms with E-state index in [1.807, 2.05) is 14.0 Å².